The van der Waals surface area contributed by atoms with E-state index in [0.717, 1.165) is 30.6 Å². The van der Waals surface area contributed by atoms with Gasteiger partial charge >= 0.3 is 5.97 Å². The SMILES string of the molecule is O=C(O)C1c2ccccc2CN2CCc3ccccc3C12. The van der Waals surface area contributed by atoms with Crippen molar-refractivity contribution in [1.82, 2.24) is 4.90 Å². The predicted octanol–water partition coefficient (Wildman–Crippen LogP) is 2.97. The molecule has 4 rings (SSSR count). The molecule has 2 aromatic carbocycles. The molecule has 2 aliphatic rings. The number of hydrogen-bond donors (Lipinski definition) is 1. The van der Waals surface area contributed by atoms with Crippen LogP contribution in [0.1, 0.15) is 34.2 Å². The van der Waals surface area contributed by atoms with Gasteiger partial charge in [0.25, 0.3) is 0 Å². The monoisotopic (exact) mass is 279 g/mol. The molecule has 1 N–H and O–H groups in total. The average molecular weight is 279 g/mol. The quantitative estimate of drug-likeness (QED) is 0.872. The molecule has 0 aliphatic carbocycles. The van der Waals surface area contributed by atoms with Gasteiger partial charge in [-0.3, -0.25) is 9.69 Å². The highest BCUT2D eigenvalue weighted by Gasteiger charge is 2.42. The van der Waals surface area contributed by atoms with Crippen LogP contribution in [0, 0.1) is 0 Å². The molecule has 0 amide bonds. The number of nitrogens with zero attached hydrogens (tertiary/aromatic N) is 1. The van der Waals surface area contributed by atoms with E-state index >= 15 is 0 Å². The summed E-state index contributed by atoms with van der Waals surface area (Å²) in [5.41, 5.74) is 4.61. The van der Waals surface area contributed by atoms with E-state index in [1.807, 2.05) is 30.3 Å². The predicted molar refractivity (Wildman–Crippen MR) is 80.1 cm³/mol. The maximum atomic E-state index is 12.0. The number of aliphatic carboxylic acids is 1. The van der Waals surface area contributed by atoms with Crippen molar-refractivity contribution in [2.75, 3.05) is 6.54 Å². The fourth-order valence-electron chi connectivity index (χ4n) is 3.86. The first-order valence-electron chi connectivity index (χ1n) is 7.38. The Balaban J connectivity index is 1.90. The second kappa shape index (κ2) is 4.71. The van der Waals surface area contributed by atoms with Crippen LogP contribution in [0.5, 0.6) is 0 Å². The highest BCUT2D eigenvalue weighted by Crippen LogP contribution is 2.45. The van der Waals surface area contributed by atoms with Crippen molar-refractivity contribution in [2.45, 2.75) is 24.9 Å². The number of carbonyl (C=O) groups is 1. The highest BCUT2D eigenvalue weighted by atomic mass is 16.4. The van der Waals surface area contributed by atoms with Gasteiger partial charge in [0.15, 0.2) is 0 Å². The van der Waals surface area contributed by atoms with Gasteiger partial charge in [-0.2, -0.15) is 0 Å². The maximum absolute atomic E-state index is 12.0. The fraction of sp³-hybridized carbons (Fsp3) is 0.278. The molecule has 106 valence electrons. The molecule has 0 saturated heterocycles. The Morgan fingerprint density at radius 1 is 1.00 bits per heavy atom. The number of carboxylic acids is 1. The second-order valence-corrected chi connectivity index (χ2v) is 5.88. The van der Waals surface area contributed by atoms with Crippen molar-refractivity contribution in [2.24, 2.45) is 0 Å². The van der Waals surface area contributed by atoms with Crippen molar-refractivity contribution in [3.63, 3.8) is 0 Å². The molecule has 0 bridgehead atoms. The van der Waals surface area contributed by atoms with Gasteiger partial charge in [-0.1, -0.05) is 48.5 Å². The Morgan fingerprint density at radius 3 is 2.43 bits per heavy atom. The van der Waals surface area contributed by atoms with Crippen LogP contribution in [0.3, 0.4) is 0 Å². The minimum absolute atomic E-state index is 0.0395. The van der Waals surface area contributed by atoms with Crippen LogP contribution >= 0.6 is 0 Å². The van der Waals surface area contributed by atoms with Gasteiger partial charge in [0.2, 0.25) is 0 Å². The summed E-state index contributed by atoms with van der Waals surface area (Å²) in [7, 11) is 0. The Labute approximate surface area is 123 Å². The topological polar surface area (TPSA) is 40.5 Å². The molecule has 2 atom stereocenters. The summed E-state index contributed by atoms with van der Waals surface area (Å²) >= 11 is 0. The van der Waals surface area contributed by atoms with E-state index in [1.54, 1.807) is 0 Å². The fourth-order valence-corrected chi connectivity index (χ4v) is 3.86. The molecule has 0 fully saturated rings. The van der Waals surface area contributed by atoms with Crippen molar-refractivity contribution in [1.29, 1.82) is 0 Å². The summed E-state index contributed by atoms with van der Waals surface area (Å²) in [6.45, 7) is 1.78. The Kier molecular flexibility index (Phi) is 2.82. The maximum Gasteiger partial charge on any atom is 0.312 e. The summed E-state index contributed by atoms with van der Waals surface area (Å²) in [6.07, 6.45) is 1.00. The Bertz CT molecular complexity index is 710. The van der Waals surface area contributed by atoms with Crippen LogP contribution in [-0.4, -0.2) is 22.5 Å². The van der Waals surface area contributed by atoms with Gasteiger partial charge in [-0.05, 0) is 28.7 Å². The molecule has 2 heterocycles. The standard InChI is InChI=1S/C18H17NO2/c20-18(21)16-14-7-3-2-6-13(14)11-19-10-9-12-5-1-4-8-15(12)17(16)19/h1-8,16-17H,9-11H2,(H,20,21). The summed E-state index contributed by atoms with van der Waals surface area (Å²) in [6, 6.07) is 16.2. The zero-order valence-corrected chi connectivity index (χ0v) is 11.7. The third-order valence-electron chi connectivity index (χ3n) is 4.78. The molecule has 0 radical (unpaired) electrons. The third-order valence-corrected chi connectivity index (χ3v) is 4.78. The smallest absolute Gasteiger partial charge is 0.312 e. The number of fused-ring (bicyclic) bond motifs is 4. The van der Waals surface area contributed by atoms with Gasteiger partial charge in [0.05, 0.1) is 6.04 Å². The Hall–Kier alpha value is -2.13. The van der Waals surface area contributed by atoms with E-state index in [-0.39, 0.29) is 6.04 Å². The lowest BCUT2D eigenvalue weighted by atomic mass is 9.76. The van der Waals surface area contributed by atoms with Crippen LogP contribution in [0.15, 0.2) is 48.5 Å². The van der Waals surface area contributed by atoms with Crippen LogP contribution in [0.25, 0.3) is 0 Å². The molecule has 2 aromatic rings. The lowest BCUT2D eigenvalue weighted by molar-refractivity contribution is -0.141. The lowest BCUT2D eigenvalue weighted by Gasteiger charge is -2.44. The van der Waals surface area contributed by atoms with Gasteiger partial charge < -0.3 is 5.11 Å². The molecule has 0 spiro atoms. The summed E-state index contributed by atoms with van der Waals surface area (Å²) in [5.74, 6) is -1.20. The molecule has 21 heavy (non-hydrogen) atoms. The normalized spacial score (nSPS) is 23.8. The molecule has 3 heteroatoms. The average Bonchev–Trinajstić information content (AvgIpc) is 2.52. The number of rotatable bonds is 1. The molecular weight excluding hydrogens is 262 g/mol. The van der Waals surface area contributed by atoms with Gasteiger partial charge in [-0.15, -0.1) is 0 Å². The Morgan fingerprint density at radius 2 is 1.67 bits per heavy atom. The molecule has 2 unspecified atom stereocenters. The summed E-state index contributed by atoms with van der Waals surface area (Å²) < 4.78 is 0. The van der Waals surface area contributed by atoms with Crippen molar-refractivity contribution >= 4 is 5.97 Å². The van der Waals surface area contributed by atoms with Crippen LogP contribution in [0.4, 0.5) is 0 Å². The molecule has 3 nitrogen and oxygen atoms in total. The van der Waals surface area contributed by atoms with E-state index in [9.17, 15) is 9.90 Å². The van der Waals surface area contributed by atoms with Gasteiger partial charge in [0.1, 0.15) is 5.92 Å². The first-order valence-corrected chi connectivity index (χ1v) is 7.38. The molecule has 0 aromatic heterocycles. The summed E-state index contributed by atoms with van der Waals surface area (Å²) in [4.78, 5) is 14.3. The van der Waals surface area contributed by atoms with E-state index in [0.29, 0.717) is 0 Å². The van der Waals surface area contributed by atoms with E-state index in [4.69, 9.17) is 0 Å². The summed E-state index contributed by atoms with van der Waals surface area (Å²) in [5, 5.41) is 9.82. The van der Waals surface area contributed by atoms with Crippen molar-refractivity contribution in [3.8, 4) is 0 Å². The minimum atomic E-state index is -0.728. The first kappa shape index (κ1) is 12.6. The van der Waals surface area contributed by atoms with E-state index in [1.165, 1.54) is 11.1 Å². The molecule has 2 aliphatic heterocycles. The number of hydrogen-bond acceptors (Lipinski definition) is 2. The van der Waals surface area contributed by atoms with Crippen LogP contribution in [-0.2, 0) is 17.8 Å². The zero-order chi connectivity index (χ0) is 14.4. The minimum Gasteiger partial charge on any atom is -0.481 e. The second-order valence-electron chi connectivity index (χ2n) is 5.88. The third kappa shape index (κ3) is 1.88. The lowest BCUT2D eigenvalue weighted by Crippen LogP contribution is -2.43. The number of benzene rings is 2. The van der Waals surface area contributed by atoms with Crippen molar-refractivity contribution in [3.05, 3.63) is 70.8 Å². The van der Waals surface area contributed by atoms with E-state index < -0.39 is 11.9 Å². The van der Waals surface area contributed by atoms with Crippen LogP contribution < -0.4 is 0 Å². The highest BCUT2D eigenvalue weighted by molar-refractivity contribution is 5.79. The molecular formula is C18H17NO2. The van der Waals surface area contributed by atoms with Crippen molar-refractivity contribution < 1.29 is 9.90 Å². The van der Waals surface area contributed by atoms with E-state index in [2.05, 4.69) is 23.1 Å². The van der Waals surface area contributed by atoms with Gasteiger partial charge in [0, 0.05) is 13.1 Å². The largest absolute Gasteiger partial charge is 0.481 e. The van der Waals surface area contributed by atoms with Crippen LogP contribution in [0.2, 0.25) is 0 Å². The first-order chi connectivity index (χ1) is 10.3. The zero-order valence-electron chi connectivity index (χ0n) is 11.7. The molecule has 0 saturated carbocycles. The van der Waals surface area contributed by atoms with Gasteiger partial charge in [-0.25, -0.2) is 0 Å². The number of carboxylic acid groups (broad SMARTS) is 1.